The van der Waals surface area contributed by atoms with Gasteiger partial charge < -0.3 is 21.1 Å². The largest absolute Gasteiger partial charge is 0.426 e. The molecule has 0 aliphatic rings. The van der Waals surface area contributed by atoms with Crippen LogP contribution in [0.15, 0.2) is 52.3 Å². The first-order valence-electron chi connectivity index (χ1n) is 9.00. The van der Waals surface area contributed by atoms with Crippen LogP contribution in [0.1, 0.15) is 13.8 Å². The molecule has 0 aromatic heterocycles. The van der Waals surface area contributed by atoms with Crippen molar-refractivity contribution in [1.29, 1.82) is 0 Å². The summed E-state index contributed by atoms with van der Waals surface area (Å²) in [6.45, 7) is 2.42. The van der Waals surface area contributed by atoms with Crippen molar-refractivity contribution in [1.82, 2.24) is 5.32 Å². The number of carbonyl (C=O) groups excluding carboxylic acids is 2. The van der Waals surface area contributed by atoms with Crippen molar-refractivity contribution in [3.8, 4) is 0 Å². The fraction of sp³-hybridized carbons (Fsp3) is 0.263. The van der Waals surface area contributed by atoms with Gasteiger partial charge in [0.2, 0.25) is 15.4 Å². The molecule has 8 nitrogen and oxygen atoms in total. The summed E-state index contributed by atoms with van der Waals surface area (Å²) in [6.07, 6.45) is -5.23. The van der Waals surface area contributed by atoms with E-state index in [1.807, 2.05) is 5.32 Å². The number of urea groups is 1. The number of rotatable bonds is 6. The topological polar surface area (TPSA) is 125 Å². The zero-order valence-corrected chi connectivity index (χ0v) is 18.3. The number of halogens is 4. The maximum absolute atomic E-state index is 12.8. The van der Waals surface area contributed by atoms with E-state index in [-0.39, 0.29) is 27.4 Å². The Morgan fingerprint density at radius 2 is 1.59 bits per heavy atom. The van der Waals surface area contributed by atoms with E-state index in [2.05, 4.69) is 10.6 Å². The summed E-state index contributed by atoms with van der Waals surface area (Å²) in [5.74, 6) is -1.78. The number of alkyl halides is 3. The van der Waals surface area contributed by atoms with E-state index in [9.17, 15) is 36.3 Å². The lowest BCUT2D eigenvalue weighted by atomic mass is 10.1. The highest BCUT2D eigenvalue weighted by molar-refractivity contribution is 7.91. The second-order valence-electron chi connectivity index (χ2n) is 6.68. The molecule has 2 aromatic rings. The maximum atomic E-state index is 12.8. The van der Waals surface area contributed by atoms with Gasteiger partial charge in [0.1, 0.15) is 0 Å². The molecule has 2 aromatic carbocycles. The smallest absolute Gasteiger partial charge is 0.373 e. The van der Waals surface area contributed by atoms with Crippen LogP contribution < -0.4 is 16.0 Å². The van der Waals surface area contributed by atoms with Gasteiger partial charge in [-0.3, -0.25) is 4.79 Å². The van der Waals surface area contributed by atoms with E-state index in [4.69, 9.17) is 11.6 Å². The molecule has 4 N–H and O–H groups in total. The number of amides is 3. The predicted octanol–water partition coefficient (Wildman–Crippen LogP) is 3.57. The van der Waals surface area contributed by atoms with Gasteiger partial charge in [0.05, 0.1) is 20.5 Å². The van der Waals surface area contributed by atoms with Crippen LogP contribution in [-0.4, -0.2) is 43.8 Å². The summed E-state index contributed by atoms with van der Waals surface area (Å²) in [7, 11) is -4.07. The average Bonchev–Trinajstić information content (AvgIpc) is 2.69. The number of carbonyl (C=O) groups is 2. The van der Waals surface area contributed by atoms with Gasteiger partial charge in [-0.2, -0.15) is 13.2 Å². The van der Waals surface area contributed by atoms with Gasteiger partial charge in [0, 0.05) is 12.2 Å². The highest BCUT2D eigenvalue weighted by atomic mass is 35.5. The zero-order valence-electron chi connectivity index (χ0n) is 16.7. The van der Waals surface area contributed by atoms with E-state index >= 15 is 0 Å². The van der Waals surface area contributed by atoms with Crippen molar-refractivity contribution in [2.45, 2.75) is 35.4 Å². The number of anilines is 2. The summed E-state index contributed by atoms with van der Waals surface area (Å²) in [5, 5.41) is 15.9. The predicted molar refractivity (Wildman–Crippen MR) is 111 cm³/mol. The molecule has 3 amide bonds. The molecule has 1 atom stereocenters. The second-order valence-corrected chi connectivity index (χ2v) is 9.03. The van der Waals surface area contributed by atoms with Crippen LogP contribution in [-0.2, 0) is 14.6 Å². The van der Waals surface area contributed by atoms with Crippen LogP contribution >= 0.6 is 11.6 Å². The van der Waals surface area contributed by atoms with Crippen LogP contribution in [0.4, 0.5) is 29.3 Å². The molecule has 0 unspecified atom stereocenters. The van der Waals surface area contributed by atoms with E-state index in [1.54, 1.807) is 6.92 Å². The first-order valence-corrected chi connectivity index (χ1v) is 10.9. The second kappa shape index (κ2) is 9.35. The number of nitrogens with one attached hydrogen (secondary N) is 3. The Bertz CT molecular complexity index is 1120. The van der Waals surface area contributed by atoms with E-state index in [1.165, 1.54) is 24.3 Å². The molecule has 0 saturated heterocycles. The number of benzene rings is 2. The van der Waals surface area contributed by atoms with Crippen molar-refractivity contribution in [2.75, 3.05) is 17.2 Å². The van der Waals surface area contributed by atoms with Gasteiger partial charge in [0.25, 0.3) is 5.91 Å². The molecular formula is C19H19ClF3N3O5S. The third-order valence-electron chi connectivity index (χ3n) is 4.25. The molecule has 0 aliphatic carbocycles. The lowest BCUT2D eigenvalue weighted by Gasteiger charge is -2.25. The lowest BCUT2D eigenvalue weighted by molar-refractivity contribution is -0.242. The van der Waals surface area contributed by atoms with Crippen LogP contribution in [0, 0.1) is 0 Å². The van der Waals surface area contributed by atoms with Gasteiger partial charge >= 0.3 is 12.2 Å². The molecule has 174 valence electrons. The molecule has 0 saturated carbocycles. The molecule has 0 heterocycles. The Morgan fingerprint density at radius 1 is 1.03 bits per heavy atom. The Balaban J connectivity index is 2.24. The van der Waals surface area contributed by atoms with Crippen molar-refractivity contribution >= 4 is 44.8 Å². The summed E-state index contributed by atoms with van der Waals surface area (Å²) >= 11 is 5.95. The van der Waals surface area contributed by atoms with Crippen molar-refractivity contribution in [2.24, 2.45) is 0 Å². The molecule has 13 heteroatoms. The van der Waals surface area contributed by atoms with Crippen molar-refractivity contribution in [3.05, 3.63) is 47.5 Å². The lowest BCUT2D eigenvalue weighted by Crippen LogP contribution is -2.52. The molecule has 0 fully saturated rings. The fourth-order valence-electron chi connectivity index (χ4n) is 2.33. The third-order valence-corrected chi connectivity index (χ3v) is 6.33. The summed E-state index contributed by atoms with van der Waals surface area (Å²) in [5.41, 5.74) is -3.64. The minimum absolute atomic E-state index is 0.133. The molecule has 0 spiro atoms. The molecule has 0 bridgehead atoms. The van der Waals surface area contributed by atoms with Gasteiger partial charge in [-0.15, -0.1) is 0 Å². The zero-order chi connectivity index (χ0) is 24.3. The minimum Gasteiger partial charge on any atom is -0.373 e. The average molecular weight is 494 g/mol. The monoisotopic (exact) mass is 493 g/mol. The first-order chi connectivity index (χ1) is 14.7. The van der Waals surface area contributed by atoms with Crippen molar-refractivity contribution in [3.63, 3.8) is 0 Å². The maximum Gasteiger partial charge on any atom is 0.426 e. The Hall–Kier alpha value is -2.83. The van der Waals surface area contributed by atoms with Crippen molar-refractivity contribution < 1.29 is 36.3 Å². The Labute approximate surface area is 186 Å². The standard InChI is InChI=1S/C19H19ClF3N3O5S/c1-3-24-17(28)25-11-4-6-12(7-5-11)32(30,31)13-8-9-15(14(20)10-13)26-16(27)18(2,29)19(21,22)23/h4-10,29H,3H2,1-2H3,(H,26,27)(H2,24,25,28)/t18-/m1/s1. The number of hydrogen-bond donors (Lipinski definition) is 4. The number of aliphatic hydroxyl groups is 1. The Morgan fingerprint density at radius 3 is 2.09 bits per heavy atom. The number of hydrogen-bond acceptors (Lipinski definition) is 5. The van der Waals surface area contributed by atoms with Gasteiger partial charge in [0.15, 0.2) is 0 Å². The molecule has 32 heavy (non-hydrogen) atoms. The van der Waals surface area contributed by atoms with Gasteiger partial charge in [-0.05, 0) is 56.3 Å². The quantitative estimate of drug-likeness (QED) is 0.489. The molecule has 2 rings (SSSR count). The summed E-state index contributed by atoms with van der Waals surface area (Å²) in [4.78, 5) is 22.9. The van der Waals surface area contributed by atoms with Crippen LogP contribution in [0.2, 0.25) is 5.02 Å². The van der Waals surface area contributed by atoms with Crippen LogP contribution in [0.5, 0.6) is 0 Å². The normalized spacial score (nSPS) is 13.7. The van der Waals surface area contributed by atoms with E-state index < -0.39 is 33.6 Å². The SMILES string of the molecule is CCNC(=O)Nc1ccc(S(=O)(=O)c2ccc(NC(=O)[C@@](C)(O)C(F)(F)F)c(Cl)c2)cc1. The molecular weight excluding hydrogens is 475 g/mol. The van der Waals surface area contributed by atoms with Gasteiger partial charge in [-0.1, -0.05) is 11.6 Å². The van der Waals surface area contributed by atoms with Crippen LogP contribution in [0.25, 0.3) is 0 Å². The highest BCUT2D eigenvalue weighted by Gasteiger charge is 2.55. The molecule has 0 aliphatic heterocycles. The molecule has 0 radical (unpaired) electrons. The van der Waals surface area contributed by atoms with E-state index in [0.717, 1.165) is 18.2 Å². The summed E-state index contributed by atoms with van der Waals surface area (Å²) in [6, 6.07) is 7.79. The first kappa shape index (κ1) is 25.4. The third kappa shape index (κ3) is 5.50. The van der Waals surface area contributed by atoms with Crippen LogP contribution in [0.3, 0.4) is 0 Å². The Kier molecular flexibility index (Phi) is 7.43. The van der Waals surface area contributed by atoms with E-state index in [0.29, 0.717) is 12.2 Å². The van der Waals surface area contributed by atoms with Gasteiger partial charge in [-0.25, -0.2) is 13.2 Å². The highest BCUT2D eigenvalue weighted by Crippen LogP contribution is 2.33. The minimum atomic E-state index is -5.23. The summed E-state index contributed by atoms with van der Waals surface area (Å²) < 4.78 is 64.0. The fourth-order valence-corrected chi connectivity index (χ4v) is 3.91. The number of sulfone groups is 1.